The molecule has 0 aliphatic carbocycles. The summed E-state index contributed by atoms with van der Waals surface area (Å²) in [6, 6.07) is 10.4. The minimum atomic E-state index is -4.44. The third-order valence-electron chi connectivity index (χ3n) is 4.01. The third kappa shape index (κ3) is 6.02. The second-order valence-electron chi connectivity index (χ2n) is 6.32. The number of rotatable bonds is 6. The summed E-state index contributed by atoms with van der Waals surface area (Å²) in [6.07, 6.45) is -4.44. The minimum absolute atomic E-state index is 0.222. The molecule has 0 bridgehead atoms. The Balaban J connectivity index is 1.90. The van der Waals surface area contributed by atoms with E-state index in [2.05, 4.69) is 10.6 Å². The lowest BCUT2D eigenvalue weighted by molar-refractivity contribution is -0.137. The molecule has 2 aromatic carbocycles. The van der Waals surface area contributed by atoms with Gasteiger partial charge in [0.2, 0.25) is 11.8 Å². The number of hydrogen-bond donors (Lipinski definition) is 2. The molecular weight excluding hydrogens is 389 g/mol. The van der Waals surface area contributed by atoms with Crippen molar-refractivity contribution >= 4 is 29.3 Å². The van der Waals surface area contributed by atoms with Gasteiger partial charge in [0.05, 0.1) is 17.4 Å². The second kappa shape index (κ2) is 9.14. The molecule has 0 spiro atoms. The topological polar surface area (TPSA) is 58.2 Å². The summed E-state index contributed by atoms with van der Waals surface area (Å²) in [6.45, 7) is 5.09. The Labute approximate surface area is 165 Å². The van der Waals surface area contributed by atoms with Gasteiger partial charge < -0.3 is 10.6 Å². The maximum atomic E-state index is 12.8. The van der Waals surface area contributed by atoms with Crippen molar-refractivity contribution in [1.29, 1.82) is 0 Å². The quantitative estimate of drug-likeness (QED) is 0.687. The average molecular weight is 410 g/mol. The van der Waals surface area contributed by atoms with E-state index in [9.17, 15) is 22.8 Å². The summed E-state index contributed by atoms with van der Waals surface area (Å²) in [4.78, 5) is 24.6. The van der Waals surface area contributed by atoms with E-state index in [0.29, 0.717) is 10.6 Å². The van der Waals surface area contributed by atoms with Crippen LogP contribution in [0.2, 0.25) is 0 Å². The molecule has 0 aliphatic rings. The molecule has 2 rings (SSSR count). The van der Waals surface area contributed by atoms with Crippen LogP contribution in [-0.4, -0.2) is 23.6 Å². The van der Waals surface area contributed by atoms with E-state index in [1.54, 1.807) is 6.92 Å². The zero-order valence-corrected chi connectivity index (χ0v) is 16.5. The number of carbonyl (C=O) groups excluding carboxylic acids is 2. The second-order valence-corrected chi connectivity index (χ2v) is 7.73. The zero-order valence-electron chi connectivity index (χ0n) is 15.7. The Morgan fingerprint density at radius 2 is 1.68 bits per heavy atom. The maximum absolute atomic E-state index is 12.8. The van der Waals surface area contributed by atoms with Gasteiger partial charge in [-0.15, -0.1) is 11.8 Å². The molecule has 0 saturated carbocycles. The predicted molar refractivity (Wildman–Crippen MR) is 104 cm³/mol. The number of carbonyl (C=O) groups is 2. The number of thioether (sulfide) groups is 1. The summed E-state index contributed by atoms with van der Waals surface area (Å²) in [5, 5.41) is 4.62. The lowest BCUT2D eigenvalue weighted by Gasteiger charge is -2.14. The molecule has 2 N–H and O–H groups in total. The van der Waals surface area contributed by atoms with Gasteiger partial charge in [-0.25, -0.2) is 0 Å². The van der Waals surface area contributed by atoms with Crippen LogP contribution >= 0.6 is 11.8 Å². The fraction of sp³-hybridized carbons (Fsp3) is 0.300. The largest absolute Gasteiger partial charge is 0.416 e. The molecule has 0 unspecified atom stereocenters. The van der Waals surface area contributed by atoms with E-state index < -0.39 is 22.9 Å². The van der Waals surface area contributed by atoms with Crippen LogP contribution < -0.4 is 10.6 Å². The SMILES string of the molecule is Cc1cccc(C)c1NC(=O)CNC(=O)[C@H](C)Sc1cccc(C(F)(F)F)c1. The van der Waals surface area contributed by atoms with E-state index in [0.717, 1.165) is 35.0 Å². The highest BCUT2D eigenvalue weighted by atomic mass is 32.2. The van der Waals surface area contributed by atoms with Gasteiger partial charge in [-0.3, -0.25) is 9.59 Å². The number of alkyl halides is 3. The van der Waals surface area contributed by atoms with E-state index in [1.807, 2.05) is 32.0 Å². The van der Waals surface area contributed by atoms with Crippen LogP contribution in [0.3, 0.4) is 0 Å². The van der Waals surface area contributed by atoms with Crippen LogP contribution in [0.15, 0.2) is 47.4 Å². The fourth-order valence-corrected chi connectivity index (χ4v) is 3.46. The molecule has 8 heteroatoms. The van der Waals surface area contributed by atoms with Crippen molar-refractivity contribution in [1.82, 2.24) is 5.32 Å². The van der Waals surface area contributed by atoms with Gasteiger partial charge in [0, 0.05) is 10.6 Å². The molecule has 1 atom stereocenters. The van der Waals surface area contributed by atoms with Crippen molar-refractivity contribution in [3.8, 4) is 0 Å². The maximum Gasteiger partial charge on any atom is 0.416 e. The summed E-state index contributed by atoms with van der Waals surface area (Å²) >= 11 is 0.999. The molecule has 150 valence electrons. The van der Waals surface area contributed by atoms with Crippen LogP contribution in [0.5, 0.6) is 0 Å². The molecule has 2 aromatic rings. The van der Waals surface area contributed by atoms with Crippen LogP contribution in [0.4, 0.5) is 18.9 Å². The van der Waals surface area contributed by atoms with Crippen LogP contribution in [0, 0.1) is 13.8 Å². The van der Waals surface area contributed by atoms with E-state index in [-0.39, 0.29) is 12.5 Å². The number of amides is 2. The van der Waals surface area contributed by atoms with Gasteiger partial charge in [-0.2, -0.15) is 13.2 Å². The highest BCUT2D eigenvalue weighted by molar-refractivity contribution is 8.00. The molecule has 28 heavy (non-hydrogen) atoms. The fourth-order valence-electron chi connectivity index (χ4n) is 2.51. The Kier molecular flexibility index (Phi) is 7.12. The Hall–Kier alpha value is -2.48. The highest BCUT2D eigenvalue weighted by Gasteiger charge is 2.30. The average Bonchev–Trinajstić information content (AvgIpc) is 2.62. The van der Waals surface area contributed by atoms with Gasteiger partial charge in [0.15, 0.2) is 0 Å². The first-order valence-corrected chi connectivity index (χ1v) is 9.43. The number of halogens is 3. The third-order valence-corrected chi connectivity index (χ3v) is 5.11. The molecule has 0 heterocycles. The van der Waals surface area contributed by atoms with E-state index >= 15 is 0 Å². The first kappa shape index (κ1) is 21.8. The van der Waals surface area contributed by atoms with Crippen molar-refractivity contribution in [2.75, 3.05) is 11.9 Å². The lowest BCUT2D eigenvalue weighted by Crippen LogP contribution is -2.37. The number of aryl methyl sites for hydroxylation is 2. The first-order valence-electron chi connectivity index (χ1n) is 8.55. The number of anilines is 1. The first-order chi connectivity index (χ1) is 13.1. The monoisotopic (exact) mass is 410 g/mol. The Morgan fingerprint density at radius 3 is 2.29 bits per heavy atom. The van der Waals surface area contributed by atoms with Crippen molar-refractivity contribution in [3.63, 3.8) is 0 Å². The molecule has 0 aliphatic heterocycles. The molecule has 0 aromatic heterocycles. The minimum Gasteiger partial charge on any atom is -0.346 e. The normalized spacial score (nSPS) is 12.4. The van der Waals surface area contributed by atoms with Gasteiger partial charge in [0.1, 0.15) is 0 Å². The molecule has 0 saturated heterocycles. The standard InChI is InChI=1S/C20H21F3N2O2S/c1-12-6-4-7-13(2)18(12)25-17(26)11-24-19(27)14(3)28-16-9-5-8-15(10-16)20(21,22)23/h4-10,14H,11H2,1-3H3,(H,24,27)(H,25,26)/t14-/m0/s1. The Bertz CT molecular complexity index is 849. The predicted octanol–water partition coefficient (Wildman–Crippen LogP) is 4.56. The number of hydrogen-bond acceptors (Lipinski definition) is 3. The van der Waals surface area contributed by atoms with Gasteiger partial charge in [0.25, 0.3) is 0 Å². The van der Waals surface area contributed by atoms with E-state index in [1.165, 1.54) is 12.1 Å². The number of para-hydroxylation sites is 1. The summed E-state index contributed by atoms with van der Waals surface area (Å²) in [5.41, 5.74) is 1.76. The van der Waals surface area contributed by atoms with Crippen molar-refractivity contribution < 1.29 is 22.8 Å². The summed E-state index contributed by atoms with van der Waals surface area (Å²) < 4.78 is 38.3. The molecule has 0 radical (unpaired) electrons. The van der Waals surface area contributed by atoms with Crippen molar-refractivity contribution in [3.05, 3.63) is 59.2 Å². The van der Waals surface area contributed by atoms with Gasteiger partial charge in [-0.05, 0) is 50.1 Å². The molecular formula is C20H21F3N2O2S. The van der Waals surface area contributed by atoms with Crippen LogP contribution in [-0.2, 0) is 15.8 Å². The highest BCUT2D eigenvalue weighted by Crippen LogP contribution is 2.33. The number of benzene rings is 2. The number of nitrogens with one attached hydrogen (secondary N) is 2. The van der Waals surface area contributed by atoms with E-state index in [4.69, 9.17) is 0 Å². The summed E-state index contributed by atoms with van der Waals surface area (Å²) in [5.74, 6) is -0.805. The summed E-state index contributed by atoms with van der Waals surface area (Å²) in [7, 11) is 0. The molecule has 2 amide bonds. The Morgan fingerprint density at radius 1 is 1.07 bits per heavy atom. The van der Waals surface area contributed by atoms with Crippen molar-refractivity contribution in [2.45, 2.75) is 37.1 Å². The van der Waals surface area contributed by atoms with Crippen LogP contribution in [0.25, 0.3) is 0 Å². The zero-order chi connectivity index (χ0) is 20.9. The molecule has 4 nitrogen and oxygen atoms in total. The lowest BCUT2D eigenvalue weighted by atomic mass is 10.1. The van der Waals surface area contributed by atoms with Gasteiger partial charge >= 0.3 is 6.18 Å². The molecule has 0 fully saturated rings. The van der Waals surface area contributed by atoms with Gasteiger partial charge in [-0.1, -0.05) is 24.3 Å². The van der Waals surface area contributed by atoms with Crippen LogP contribution in [0.1, 0.15) is 23.6 Å². The van der Waals surface area contributed by atoms with Crippen molar-refractivity contribution in [2.24, 2.45) is 0 Å². The smallest absolute Gasteiger partial charge is 0.346 e.